The van der Waals surface area contributed by atoms with Gasteiger partial charge in [0.25, 0.3) is 5.91 Å². The molecule has 0 radical (unpaired) electrons. The van der Waals surface area contributed by atoms with Crippen molar-refractivity contribution in [2.45, 2.75) is 39.0 Å². The van der Waals surface area contributed by atoms with Crippen molar-refractivity contribution in [3.05, 3.63) is 47.3 Å². The van der Waals surface area contributed by atoms with Gasteiger partial charge in [0.2, 0.25) is 0 Å². The van der Waals surface area contributed by atoms with Crippen LogP contribution in [0.15, 0.2) is 30.3 Å². The van der Waals surface area contributed by atoms with Crippen LogP contribution >= 0.6 is 0 Å². The molecule has 2 heterocycles. The van der Waals surface area contributed by atoms with Crippen molar-refractivity contribution in [2.24, 2.45) is 7.05 Å². The highest BCUT2D eigenvalue weighted by Gasteiger charge is 2.17. The largest absolute Gasteiger partial charge is 0.371 e. The number of amides is 1. The van der Waals surface area contributed by atoms with Crippen molar-refractivity contribution < 1.29 is 4.79 Å². The maximum atomic E-state index is 12.4. The number of aryl methyl sites for hydroxylation is 2. The predicted molar refractivity (Wildman–Crippen MR) is 101 cm³/mol. The number of aromatic nitrogens is 2. The monoisotopic (exact) mass is 340 g/mol. The summed E-state index contributed by atoms with van der Waals surface area (Å²) in [6.45, 7) is 6.92. The first kappa shape index (κ1) is 17.5. The zero-order chi connectivity index (χ0) is 17.8. The van der Waals surface area contributed by atoms with Gasteiger partial charge in [-0.2, -0.15) is 5.10 Å². The standard InChI is InChI=1S/C20H28N4O/c1-15(2)17-14-19(23(3)22-17)20(25)21-11-7-13-24-12-6-9-16-8-4-5-10-18(16)24/h4-5,8,10,14-15H,6-7,9,11-13H2,1-3H3,(H,21,25). The molecule has 0 aliphatic carbocycles. The summed E-state index contributed by atoms with van der Waals surface area (Å²) in [4.78, 5) is 14.8. The van der Waals surface area contributed by atoms with Gasteiger partial charge in [0.05, 0.1) is 5.69 Å². The average Bonchev–Trinajstić information content (AvgIpc) is 3.01. The lowest BCUT2D eigenvalue weighted by atomic mass is 10.0. The van der Waals surface area contributed by atoms with E-state index < -0.39 is 0 Å². The van der Waals surface area contributed by atoms with Gasteiger partial charge in [-0.1, -0.05) is 32.0 Å². The fourth-order valence-electron chi connectivity index (χ4n) is 3.39. The third-order valence-electron chi connectivity index (χ3n) is 4.82. The number of benzene rings is 1. The van der Waals surface area contributed by atoms with Crippen LogP contribution in [0.25, 0.3) is 0 Å². The second-order valence-corrected chi connectivity index (χ2v) is 7.06. The molecule has 1 N–H and O–H groups in total. The molecule has 0 bridgehead atoms. The van der Waals surface area contributed by atoms with E-state index in [1.54, 1.807) is 4.68 Å². The van der Waals surface area contributed by atoms with Gasteiger partial charge in [0.15, 0.2) is 0 Å². The summed E-state index contributed by atoms with van der Waals surface area (Å²) < 4.78 is 1.67. The van der Waals surface area contributed by atoms with Gasteiger partial charge in [0, 0.05) is 32.4 Å². The van der Waals surface area contributed by atoms with Crippen LogP contribution in [0.3, 0.4) is 0 Å². The van der Waals surface area contributed by atoms with E-state index in [-0.39, 0.29) is 5.91 Å². The van der Waals surface area contributed by atoms with Crippen LogP contribution in [-0.4, -0.2) is 35.3 Å². The molecule has 1 amide bonds. The number of carbonyl (C=O) groups excluding carboxylic acids is 1. The number of nitrogens with one attached hydrogen (secondary N) is 1. The number of carbonyl (C=O) groups is 1. The Morgan fingerprint density at radius 1 is 1.32 bits per heavy atom. The predicted octanol–water partition coefficient (Wildman–Crippen LogP) is 3.12. The minimum absolute atomic E-state index is 0.0408. The highest BCUT2D eigenvalue weighted by Crippen LogP contribution is 2.26. The summed E-state index contributed by atoms with van der Waals surface area (Å²) in [7, 11) is 1.82. The minimum atomic E-state index is -0.0408. The molecule has 0 saturated carbocycles. The summed E-state index contributed by atoms with van der Waals surface area (Å²) in [5.41, 5.74) is 4.38. The zero-order valence-corrected chi connectivity index (χ0v) is 15.5. The van der Waals surface area contributed by atoms with Gasteiger partial charge in [-0.3, -0.25) is 9.48 Å². The first-order valence-electron chi connectivity index (χ1n) is 9.21. The smallest absolute Gasteiger partial charge is 0.269 e. The molecule has 0 saturated heterocycles. The molecule has 134 valence electrons. The van der Waals surface area contributed by atoms with Gasteiger partial charge in [0.1, 0.15) is 5.69 Å². The summed E-state index contributed by atoms with van der Waals surface area (Å²) in [5.74, 6) is 0.285. The van der Waals surface area contributed by atoms with Gasteiger partial charge in [-0.15, -0.1) is 0 Å². The molecular weight excluding hydrogens is 312 g/mol. The quantitative estimate of drug-likeness (QED) is 0.822. The zero-order valence-electron chi connectivity index (χ0n) is 15.5. The molecule has 1 aromatic carbocycles. The summed E-state index contributed by atoms with van der Waals surface area (Å²) in [6, 6.07) is 10.5. The molecule has 1 aliphatic rings. The Kier molecular flexibility index (Phi) is 5.41. The van der Waals surface area contributed by atoms with Crippen molar-refractivity contribution in [2.75, 3.05) is 24.5 Å². The molecule has 5 nitrogen and oxygen atoms in total. The third-order valence-corrected chi connectivity index (χ3v) is 4.82. The molecule has 1 aliphatic heterocycles. The molecule has 1 aromatic heterocycles. The third kappa shape index (κ3) is 4.03. The van der Waals surface area contributed by atoms with Crippen molar-refractivity contribution in [1.82, 2.24) is 15.1 Å². The van der Waals surface area contributed by atoms with E-state index in [4.69, 9.17) is 0 Å². The van der Waals surface area contributed by atoms with E-state index in [2.05, 4.69) is 53.4 Å². The van der Waals surface area contributed by atoms with Gasteiger partial charge >= 0.3 is 0 Å². The number of anilines is 1. The lowest BCUT2D eigenvalue weighted by Crippen LogP contribution is -2.33. The Balaban J connectivity index is 1.50. The Morgan fingerprint density at radius 3 is 2.88 bits per heavy atom. The number of fused-ring (bicyclic) bond motifs is 1. The molecule has 25 heavy (non-hydrogen) atoms. The van der Waals surface area contributed by atoms with Crippen LogP contribution in [0.2, 0.25) is 0 Å². The number of para-hydroxylation sites is 1. The SMILES string of the molecule is CC(C)c1cc(C(=O)NCCCN2CCCc3ccccc32)n(C)n1. The number of hydrogen-bond donors (Lipinski definition) is 1. The van der Waals surface area contributed by atoms with Crippen molar-refractivity contribution in [3.8, 4) is 0 Å². The van der Waals surface area contributed by atoms with Crippen molar-refractivity contribution in [3.63, 3.8) is 0 Å². The second kappa shape index (κ2) is 7.72. The van der Waals surface area contributed by atoms with Gasteiger partial charge < -0.3 is 10.2 Å². The lowest BCUT2D eigenvalue weighted by Gasteiger charge is -2.31. The van der Waals surface area contributed by atoms with E-state index in [1.165, 1.54) is 24.1 Å². The number of rotatable bonds is 6. The first-order valence-corrected chi connectivity index (χ1v) is 9.21. The van der Waals surface area contributed by atoms with Crippen molar-refractivity contribution in [1.29, 1.82) is 0 Å². The van der Waals surface area contributed by atoms with Crippen LogP contribution in [0.1, 0.15) is 54.4 Å². The molecule has 5 heteroatoms. The first-order chi connectivity index (χ1) is 12.1. The van der Waals surface area contributed by atoms with Gasteiger partial charge in [-0.05, 0) is 42.9 Å². The normalized spacial score (nSPS) is 13.8. The van der Waals surface area contributed by atoms with Gasteiger partial charge in [-0.25, -0.2) is 0 Å². The van der Waals surface area contributed by atoms with E-state index in [9.17, 15) is 4.79 Å². The fraction of sp³-hybridized carbons (Fsp3) is 0.500. The molecule has 2 aromatic rings. The summed E-state index contributed by atoms with van der Waals surface area (Å²) in [5, 5.41) is 7.43. The topological polar surface area (TPSA) is 50.2 Å². The molecule has 3 rings (SSSR count). The fourth-order valence-corrected chi connectivity index (χ4v) is 3.39. The lowest BCUT2D eigenvalue weighted by molar-refractivity contribution is 0.0944. The number of hydrogen-bond acceptors (Lipinski definition) is 3. The van der Waals surface area contributed by atoms with Crippen molar-refractivity contribution >= 4 is 11.6 Å². The highest BCUT2D eigenvalue weighted by molar-refractivity contribution is 5.92. The van der Waals surface area contributed by atoms with Crippen LogP contribution in [0, 0.1) is 0 Å². The number of nitrogens with zero attached hydrogens (tertiary/aromatic N) is 3. The maximum Gasteiger partial charge on any atom is 0.269 e. The van der Waals surface area contributed by atoms with E-state index >= 15 is 0 Å². The van der Waals surface area contributed by atoms with Crippen LogP contribution in [0.5, 0.6) is 0 Å². The van der Waals surface area contributed by atoms with Crippen LogP contribution in [0.4, 0.5) is 5.69 Å². The van der Waals surface area contributed by atoms with Crippen LogP contribution in [-0.2, 0) is 13.5 Å². The average molecular weight is 340 g/mol. The Hall–Kier alpha value is -2.30. The van der Waals surface area contributed by atoms with Crippen LogP contribution < -0.4 is 10.2 Å². The Labute approximate surface area is 150 Å². The summed E-state index contributed by atoms with van der Waals surface area (Å²) in [6.07, 6.45) is 3.31. The Bertz CT molecular complexity index is 735. The molecule has 0 fully saturated rings. The second-order valence-electron chi connectivity index (χ2n) is 7.06. The highest BCUT2D eigenvalue weighted by atomic mass is 16.2. The molecule has 0 atom stereocenters. The summed E-state index contributed by atoms with van der Waals surface area (Å²) >= 11 is 0. The van der Waals surface area contributed by atoms with E-state index in [0.29, 0.717) is 18.2 Å². The molecule has 0 unspecified atom stereocenters. The maximum absolute atomic E-state index is 12.4. The minimum Gasteiger partial charge on any atom is -0.371 e. The Morgan fingerprint density at radius 2 is 2.12 bits per heavy atom. The molecule has 0 spiro atoms. The van der Waals surface area contributed by atoms with E-state index in [1.807, 2.05) is 13.1 Å². The molecular formula is C20H28N4O. The van der Waals surface area contributed by atoms with E-state index in [0.717, 1.165) is 25.2 Å².